The van der Waals surface area contributed by atoms with Crippen molar-refractivity contribution in [3.05, 3.63) is 35.3 Å². The summed E-state index contributed by atoms with van der Waals surface area (Å²) in [6, 6.07) is 1.98. The van der Waals surface area contributed by atoms with E-state index in [0.717, 1.165) is 11.1 Å². The zero-order valence-electron chi connectivity index (χ0n) is 7.98. The van der Waals surface area contributed by atoms with Crippen molar-refractivity contribution < 1.29 is 9.90 Å². The molecule has 1 N–H and O–H groups in total. The summed E-state index contributed by atoms with van der Waals surface area (Å²) in [5.41, 5.74) is 2.91. The molecule has 0 aliphatic carbocycles. The van der Waals surface area contributed by atoms with Crippen LogP contribution in [-0.2, 0) is 0 Å². The minimum Gasteiger partial charge on any atom is -0.477 e. The van der Waals surface area contributed by atoms with Crippen LogP contribution < -0.4 is 0 Å². The molecule has 2 heterocycles. The summed E-state index contributed by atoms with van der Waals surface area (Å²) in [4.78, 5) is 14.9. The van der Waals surface area contributed by atoms with Crippen molar-refractivity contribution in [1.82, 2.24) is 9.38 Å². The van der Waals surface area contributed by atoms with Gasteiger partial charge >= 0.3 is 5.97 Å². The number of aromatic nitrogens is 2. The van der Waals surface area contributed by atoms with E-state index in [1.165, 1.54) is 6.20 Å². The van der Waals surface area contributed by atoms with Crippen molar-refractivity contribution in [2.45, 2.75) is 13.8 Å². The van der Waals surface area contributed by atoms with Crippen LogP contribution in [0.1, 0.15) is 21.6 Å². The van der Waals surface area contributed by atoms with Crippen LogP contribution in [0.3, 0.4) is 0 Å². The molecule has 0 aliphatic heterocycles. The highest BCUT2D eigenvalue weighted by Gasteiger charge is 2.11. The molecule has 0 atom stereocenters. The third-order valence-electron chi connectivity index (χ3n) is 2.15. The molecule has 2 aromatic heterocycles. The van der Waals surface area contributed by atoms with Crippen LogP contribution in [0.25, 0.3) is 5.65 Å². The Morgan fingerprint density at radius 2 is 2.21 bits per heavy atom. The van der Waals surface area contributed by atoms with Gasteiger partial charge in [0.15, 0.2) is 5.69 Å². The van der Waals surface area contributed by atoms with E-state index in [0.29, 0.717) is 5.65 Å². The van der Waals surface area contributed by atoms with Crippen LogP contribution in [0.5, 0.6) is 0 Å². The van der Waals surface area contributed by atoms with Crippen molar-refractivity contribution in [2.75, 3.05) is 0 Å². The average Bonchev–Trinajstić information content (AvgIpc) is 2.47. The number of carboxylic acids is 1. The lowest BCUT2D eigenvalue weighted by molar-refractivity contribution is 0.0689. The molecule has 72 valence electrons. The van der Waals surface area contributed by atoms with Gasteiger partial charge < -0.3 is 5.11 Å². The molecule has 0 unspecified atom stereocenters. The van der Waals surface area contributed by atoms with E-state index < -0.39 is 5.97 Å². The molecule has 0 saturated carbocycles. The fourth-order valence-corrected chi connectivity index (χ4v) is 1.59. The number of pyridine rings is 1. The second-order valence-electron chi connectivity index (χ2n) is 3.34. The summed E-state index contributed by atoms with van der Waals surface area (Å²) in [6.45, 7) is 3.85. The number of aryl methyl sites for hydroxylation is 2. The monoisotopic (exact) mass is 190 g/mol. The Hall–Kier alpha value is -1.84. The highest BCUT2D eigenvalue weighted by Crippen LogP contribution is 2.13. The highest BCUT2D eigenvalue weighted by molar-refractivity contribution is 5.86. The van der Waals surface area contributed by atoms with Crippen LogP contribution in [0.15, 0.2) is 18.5 Å². The minimum absolute atomic E-state index is 0.201. The SMILES string of the molecule is Cc1cc(C)c2ncc(C(=O)O)n2c1. The van der Waals surface area contributed by atoms with Crippen LogP contribution >= 0.6 is 0 Å². The van der Waals surface area contributed by atoms with E-state index in [9.17, 15) is 4.79 Å². The van der Waals surface area contributed by atoms with E-state index in [2.05, 4.69) is 4.98 Å². The Labute approximate surface area is 80.8 Å². The fourth-order valence-electron chi connectivity index (χ4n) is 1.59. The lowest BCUT2D eigenvalue weighted by atomic mass is 10.2. The normalized spacial score (nSPS) is 10.7. The maximum atomic E-state index is 10.8. The molecule has 2 rings (SSSR count). The van der Waals surface area contributed by atoms with Crippen LogP contribution in [0, 0.1) is 13.8 Å². The van der Waals surface area contributed by atoms with Gasteiger partial charge in [0.2, 0.25) is 0 Å². The predicted molar refractivity (Wildman–Crippen MR) is 51.6 cm³/mol. The summed E-state index contributed by atoms with van der Waals surface area (Å²) in [5.74, 6) is -0.956. The topological polar surface area (TPSA) is 54.6 Å². The number of rotatable bonds is 1. The van der Waals surface area contributed by atoms with Gasteiger partial charge in [-0.2, -0.15) is 0 Å². The molecule has 0 radical (unpaired) electrons. The number of hydrogen-bond donors (Lipinski definition) is 1. The first kappa shape index (κ1) is 8.74. The number of hydrogen-bond acceptors (Lipinski definition) is 2. The van der Waals surface area contributed by atoms with Crippen LogP contribution in [0.2, 0.25) is 0 Å². The molecule has 0 amide bonds. The number of carbonyl (C=O) groups is 1. The molecule has 0 aromatic carbocycles. The number of carboxylic acid groups (broad SMARTS) is 1. The van der Waals surface area contributed by atoms with Gasteiger partial charge in [-0.25, -0.2) is 9.78 Å². The number of fused-ring (bicyclic) bond motifs is 1. The van der Waals surface area contributed by atoms with Gasteiger partial charge in [0.05, 0.1) is 6.20 Å². The fraction of sp³-hybridized carbons (Fsp3) is 0.200. The molecule has 0 saturated heterocycles. The lowest BCUT2D eigenvalue weighted by Crippen LogP contribution is -2.02. The highest BCUT2D eigenvalue weighted by atomic mass is 16.4. The first-order valence-corrected chi connectivity index (χ1v) is 4.27. The molecule has 0 fully saturated rings. The Balaban J connectivity index is 2.85. The molecular formula is C10H10N2O2. The molecule has 4 heteroatoms. The van der Waals surface area contributed by atoms with Gasteiger partial charge in [-0.05, 0) is 25.0 Å². The Morgan fingerprint density at radius 1 is 1.50 bits per heavy atom. The minimum atomic E-state index is -0.956. The van der Waals surface area contributed by atoms with E-state index in [4.69, 9.17) is 5.11 Å². The lowest BCUT2D eigenvalue weighted by Gasteiger charge is -2.01. The summed E-state index contributed by atoms with van der Waals surface area (Å²) < 4.78 is 1.60. The molecule has 0 aliphatic rings. The second-order valence-corrected chi connectivity index (χ2v) is 3.34. The molecule has 2 aromatic rings. The smallest absolute Gasteiger partial charge is 0.354 e. The van der Waals surface area contributed by atoms with Crippen molar-refractivity contribution in [3.8, 4) is 0 Å². The first-order chi connectivity index (χ1) is 6.59. The number of imidazole rings is 1. The quantitative estimate of drug-likeness (QED) is 0.743. The summed E-state index contributed by atoms with van der Waals surface area (Å²) in [6.07, 6.45) is 3.16. The van der Waals surface area contributed by atoms with Crippen LogP contribution in [-0.4, -0.2) is 20.5 Å². The van der Waals surface area contributed by atoms with E-state index >= 15 is 0 Å². The maximum absolute atomic E-state index is 10.8. The van der Waals surface area contributed by atoms with Crippen molar-refractivity contribution in [2.24, 2.45) is 0 Å². The largest absolute Gasteiger partial charge is 0.477 e. The van der Waals surface area contributed by atoms with Crippen molar-refractivity contribution >= 4 is 11.6 Å². The Bertz CT molecular complexity index is 514. The van der Waals surface area contributed by atoms with Crippen molar-refractivity contribution in [3.63, 3.8) is 0 Å². The Kier molecular flexibility index (Phi) is 1.77. The van der Waals surface area contributed by atoms with E-state index in [1.807, 2.05) is 19.9 Å². The third-order valence-corrected chi connectivity index (χ3v) is 2.15. The summed E-state index contributed by atoms with van der Waals surface area (Å²) in [5, 5.41) is 8.89. The van der Waals surface area contributed by atoms with Gasteiger partial charge in [-0.3, -0.25) is 4.40 Å². The van der Waals surface area contributed by atoms with Crippen LogP contribution in [0.4, 0.5) is 0 Å². The van der Waals surface area contributed by atoms with Gasteiger partial charge in [-0.15, -0.1) is 0 Å². The zero-order valence-corrected chi connectivity index (χ0v) is 7.98. The zero-order chi connectivity index (χ0) is 10.3. The predicted octanol–water partition coefficient (Wildman–Crippen LogP) is 1.65. The standard InChI is InChI=1S/C10H10N2O2/c1-6-3-7(2)9-11-4-8(10(13)14)12(9)5-6/h3-5H,1-2H3,(H,13,14). The van der Waals surface area contributed by atoms with E-state index in [-0.39, 0.29) is 5.69 Å². The number of aromatic carboxylic acids is 1. The molecule has 0 spiro atoms. The molecule has 14 heavy (non-hydrogen) atoms. The maximum Gasteiger partial charge on any atom is 0.354 e. The van der Waals surface area contributed by atoms with E-state index in [1.54, 1.807) is 10.6 Å². The van der Waals surface area contributed by atoms with Gasteiger partial charge in [0, 0.05) is 6.20 Å². The first-order valence-electron chi connectivity index (χ1n) is 4.27. The summed E-state index contributed by atoms with van der Waals surface area (Å²) >= 11 is 0. The van der Waals surface area contributed by atoms with Gasteiger partial charge in [0.25, 0.3) is 0 Å². The Morgan fingerprint density at radius 3 is 2.86 bits per heavy atom. The average molecular weight is 190 g/mol. The second kappa shape index (κ2) is 2.83. The van der Waals surface area contributed by atoms with Crippen molar-refractivity contribution in [1.29, 1.82) is 0 Å². The molecule has 4 nitrogen and oxygen atoms in total. The summed E-state index contributed by atoms with van der Waals surface area (Å²) in [7, 11) is 0. The molecule has 0 bridgehead atoms. The van der Waals surface area contributed by atoms with Gasteiger partial charge in [-0.1, -0.05) is 6.07 Å². The third kappa shape index (κ3) is 1.16. The number of nitrogens with zero attached hydrogens (tertiary/aromatic N) is 2. The van der Waals surface area contributed by atoms with Gasteiger partial charge in [0.1, 0.15) is 5.65 Å². The molecular weight excluding hydrogens is 180 g/mol.